The molecule has 1 aromatic carbocycles. The summed E-state index contributed by atoms with van der Waals surface area (Å²) in [5.74, 6) is -13.8. The van der Waals surface area contributed by atoms with Crippen LogP contribution < -0.4 is 76.9 Å². The highest BCUT2D eigenvalue weighted by molar-refractivity contribution is 8.76. The van der Waals surface area contributed by atoms with E-state index in [9.17, 15) is 72.8 Å². The number of fused-ring (bicyclic) bond motifs is 1. The van der Waals surface area contributed by atoms with E-state index in [1.54, 1.807) is 0 Å². The fourth-order valence-corrected chi connectivity index (χ4v) is 10.1. The summed E-state index contributed by atoms with van der Waals surface area (Å²) in [6, 6.07) is -7.80. The molecule has 0 bridgehead atoms. The number of amides is 11. The smallest absolute Gasteiger partial charge is 0.305 e. The maximum absolute atomic E-state index is 14.3. The number of nitro groups is 1. The van der Waals surface area contributed by atoms with Crippen LogP contribution in [0.2, 0.25) is 0 Å². The monoisotopic (exact) mass is 1150 g/mol. The Morgan fingerprint density at radius 1 is 0.709 bits per heavy atom. The summed E-state index contributed by atoms with van der Waals surface area (Å²) in [6.07, 6.45) is -2.32. The number of rotatable bonds is 17. The molecule has 11 amide bonds. The Kier molecular flexibility index (Phi) is 26.5. The second kappa shape index (κ2) is 32.3. The maximum Gasteiger partial charge on any atom is 0.305 e. The van der Waals surface area contributed by atoms with E-state index in [2.05, 4.69) is 52.5 Å². The van der Waals surface area contributed by atoms with Gasteiger partial charge in [0.2, 0.25) is 65.0 Å². The van der Waals surface area contributed by atoms with Crippen LogP contribution in [0.15, 0.2) is 34.3 Å². The number of nitrogens with zero attached hydrogens (tertiary/aromatic N) is 4. The summed E-state index contributed by atoms with van der Waals surface area (Å²) in [4.78, 5) is 180. The van der Waals surface area contributed by atoms with E-state index < -0.39 is 150 Å². The third kappa shape index (κ3) is 22.9. The first-order valence-electron chi connectivity index (χ1n) is 24.3. The fourth-order valence-electron chi connectivity index (χ4n) is 7.78. The number of carbonyl (C=O) groups is 12. The summed E-state index contributed by atoms with van der Waals surface area (Å²) in [7, 11) is 1.80. The molecule has 3 rings (SSSR count). The van der Waals surface area contributed by atoms with Gasteiger partial charge in [0.05, 0.1) is 24.3 Å². The Morgan fingerprint density at radius 2 is 1.25 bits per heavy atom. The van der Waals surface area contributed by atoms with Gasteiger partial charge in [0, 0.05) is 56.6 Å². The molecule has 2 aliphatic heterocycles. The predicted octanol–water partition coefficient (Wildman–Crippen LogP) is -7.00. The average molecular weight is 1150 g/mol. The molecule has 2 fully saturated rings. The number of nitrogens with two attached hydrogens (primary N) is 6. The fraction of sp³-hybridized carbons (Fsp3) is 0.545. The second-order valence-electron chi connectivity index (χ2n) is 17.9. The van der Waals surface area contributed by atoms with Gasteiger partial charge in [-0.3, -0.25) is 77.6 Å². The van der Waals surface area contributed by atoms with E-state index in [4.69, 9.17) is 34.4 Å². The second-order valence-corrected chi connectivity index (χ2v) is 20.4. The van der Waals surface area contributed by atoms with Gasteiger partial charge in [-0.25, -0.2) is 0 Å². The van der Waals surface area contributed by atoms with Gasteiger partial charge >= 0.3 is 5.97 Å². The van der Waals surface area contributed by atoms with E-state index in [0.717, 1.165) is 45.5 Å². The highest BCUT2D eigenvalue weighted by atomic mass is 33.1. The Labute approximate surface area is 458 Å². The van der Waals surface area contributed by atoms with E-state index in [1.165, 1.54) is 12.1 Å². The lowest BCUT2D eigenvalue weighted by molar-refractivity contribution is -0.384. The lowest BCUT2D eigenvalue weighted by atomic mass is 10.0. The zero-order chi connectivity index (χ0) is 58.9. The van der Waals surface area contributed by atoms with Crippen LogP contribution in [-0.4, -0.2) is 184 Å². The quantitative estimate of drug-likeness (QED) is 0.0172. The number of primary amides is 2. The largest absolute Gasteiger partial charge is 0.481 e. The number of carbonyl (C=O) groups excluding carboxylic acids is 11. The number of benzene rings is 1. The third-order valence-corrected chi connectivity index (χ3v) is 14.0. The van der Waals surface area contributed by atoms with Crippen molar-refractivity contribution in [3.8, 4) is 0 Å². The van der Waals surface area contributed by atoms with Crippen LogP contribution in [-0.2, 0) is 64.0 Å². The summed E-state index contributed by atoms with van der Waals surface area (Å²) in [5.41, 5.74) is 32.8. The number of hydrogen-bond donors (Lipinski definition) is 15. The summed E-state index contributed by atoms with van der Waals surface area (Å²) >= 11 is 0. The summed E-state index contributed by atoms with van der Waals surface area (Å²) < 4.78 is 0. The number of nitrogens with one attached hydrogen (secondary N) is 8. The van der Waals surface area contributed by atoms with Crippen LogP contribution in [0.3, 0.4) is 0 Å². The van der Waals surface area contributed by atoms with Gasteiger partial charge in [0.25, 0.3) is 5.69 Å². The van der Waals surface area contributed by atoms with Gasteiger partial charge in [0.15, 0.2) is 11.9 Å². The van der Waals surface area contributed by atoms with Crippen molar-refractivity contribution in [3.63, 3.8) is 0 Å². The molecule has 2 heterocycles. The van der Waals surface area contributed by atoms with Crippen molar-refractivity contribution in [3.05, 3.63) is 39.9 Å². The maximum atomic E-state index is 14.3. The third-order valence-electron chi connectivity index (χ3n) is 11.6. The van der Waals surface area contributed by atoms with Crippen LogP contribution in [0.5, 0.6) is 0 Å². The molecule has 2 aliphatic rings. The van der Waals surface area contributed by atoms with Gasteiger partial charge in [-0.05, 0) is 44.1 Å². The minimum Gasteiger partial charge on any atom is -0.481 e. The van der Waals surface area contributed by atoms with Gasteiger partial charge in [-0.2, -0.15) is 0 Å². The lowest BCUT2D eigenvalue weighted by Gasteiger charge is -2.30. The lowest BCUT2D eigenvalue weighted by Crippen LogP contribution is -2.59. The van der Waals surface area contributed by atoms with Crippen molar-refractivity contribution in [1.29, 1.82) is 0 Å². The molecule has 434 valence electrons. The molecular weight excluding hydrogens is 1080 g/mol. The molecule has 2 saturated heterocycles. The molecule has 35 heteroatoms. The first kappa shape index (κ1) is 64.8. The minimum absolute atomic E-state index is 0.0208. The molecule has 1 aromatic rings. The topological polar surface area (TPSA) is 549 Å². The molecular formula is C44H66N18O15S2. The average Bonchev–Trinajstić information content (AvgIpc) is 3.89. The van der Waals surface area contributed by atoms with Gasteiger partial charge in [-0.15, -0.1) is 0 Å². The van der Waals surface area contributed by atoms with E-state index in [1.807, 2.05) is 0 Å². The number of non-ortho nitro benzene ring substituents is 1. The van der Waals surface area contributed by atoms with Crippen LogP contribution in [0, 0.1) is 10.1 Å². The first-order valence-corrected chi connectivity index (χ1v) is 26.8. The van der Waals surface area contributed by atoms with Crippen molar-refractivity contribution in [2.45, 2.75) is 113 Å². The SMILES string of the molecule is CC(=O)N[C@H]1CSSC[C@@H](C(N)=O)NC(=O)[C@H](CCCN=C(N)N)NC(=O)[C@H](Cc2ccc([N+](=O)[O-])cc2)NC(=O)[C@H](CC(=O)O)NC(=O)CNC(=O)[C@H](CCCN=C(N)N)NC(=O)[C@@H]2CCCN2C(=O)[C@H](CC(N)=O)NC1=O. The van der Waals surface area contributed by atoms with Crippen molar-refractivity contribution < 1.29 is 67.6 Å². The van der Waals surface area contributed by atoms with Gasteiger partial charge in [0.1, 0.15) is 48.3 Å². The summed E-state index contributed by atoms with van der Waals surface area (Å²) in [5, 5.41) is 40.4. The number of aliphatic imine (C=N–C) groups is 2. The number of guanidine groups is 2. The van der Waals surface area contributed by atoms with Crippen LogP contribution >= 0.6 is 21.6 Å². The molecule has 33 nitrogen and oxygen atoms in total. The molecule has 0 radical (unpaired) electrons. The number of hydrogen-bond acceptors (Lipinski definition) is 18. The Hall–Kier alpha value is -8.50. The highest BCUT2D eigenvalue weighted by Crippen LogP contribution is 2.24. The number of nitro benzene ring substituents is 1. The molecule has 79 heavy (non-hydrogen) atoms. The Morgan fingerprint density at radius 3 is 1.81 bits per heavy atom. The molecule has 8 atom stereocenters. The van der Waals surface area contributed by atoms with Crippen molar-refractivity contribution in [2.75, 3.05) is 37.7 Å². The van der Waals surface area contributed by atoms with Crippen molar-refractivity contribution >= 4 is 110 Å². The van der Waals surface area contributed by atoms with E-state index in [0.29, 0.717) is 0 Å². The van der Waals surface area contributed by atoms with Crippen LogP contribution in [0.1, 0.15) is 63.9 Å². The van der Waals surface area contributed by atoms with Crippen LogP contribution in [0.4, 0.5) is 5.69 Å². The predicted molar refractivity (Wildman–Crippen MR) is 284 cm³/mol. The molecule has 0 spiro atoms. The number of carboxylic acid groups (broad SMARTS) is 1. The first-order chi connectivity index (χ1) is 37.2. The van der Waals surface area contributed by atoms with Gasteiger partial charge < -0.3 is 86.9 Å². The normalized spacial score (nSPS) is 23.6. The summed E-state index contributed by atoms with van der Waals surface area (Å²) in [6.45, 7) is 0.00695. The van der Waals surface area contributed by atoms with Crippen molar-refractivity contribution in [1.82, 2.24) is 47.4 Å². The molecule has 0 saturated carbocycles. The molecule has 0 aliphatic carbocycles. The number of carboxylic acids is 1. The van der Waals surface area contributed by atoms with Gasteiger partial charge in [-0.1, -0.05) is 33.7 Å². The Bertz CT molecular complexity index is 2500. The zero-order valence-electron chi connectivity index (χ0n) is 42.8. The van der Waals surface area contributed by atoms with E-state index in [-0.39, 0.29) is 92.8 Å². The van der Waals surface area contributed by atoms with E-state index >= 15 is 0 Å². The minimum atomic E-state index is -1.95. The number of aliphatic carboxylic acids is 1. The van der Waals surface area contributed by atoms with Crippen molar-refractivity contribution in [2.24, 2.45) is 44.4 Å². The standard InChI is InChI=1S/C44H66N18O15S2/c1-21(63)54-30-20-79-78-19-29(35(46)68)60-37(70)25(6-3-13-52-44(49)50)56-38(71)26(15-22-8-10-23(11-9-22)62(76)77)58-39(72)27(17-34(66)67)55-33(65)18-53-36(69)24(5-2-12-51-43(47)48)57-41(74)31-7-4-14-61(31)42(75)28(16-32(45)64)59-40(30)73/h8-11,24-31H,2-7,12-20H2,1H3,(H2,45,64)(H2,46,68)(H,53,69)(H,54,63)(H,55,65)(H,56,71)(H,57,74)(H,58,72)(H,59,73)(H,60,70)(H,66,67)(H4,47,48,51)(H4,49,50,52)/t24-,25-,26-,27-,28-,29-,30-,31-/m0/s1. The van der Waals surface area contributed by atoms with Crippen LogP contribution in [0.25, 0.3) is 0 Å². The molecule has 0 aromatic heterocycles. The highest BCUT2D eigenvalue weighted by Gasteiger charge is 2.40. The zero-order valence-corrected chi connectivity index (χ0v) is 44.4. The molecule has 21 N–H and O–H groups in total. The molecule has 0 unspecified atom stereocenters. The Balaban J connectivity index is 2.14.